The van der Waals surface area contributed by atoms with E-state index < -0.39 is 5.97 Å². The van der Waals surface area contributed by atoms with Gasteiger partial charge in [-0.2, -0.15) is 0 Å². The molecule has 92 valence electrons. The molecule has 0 aliphatic carbocycles. The van der Waals surface area contributed by atoms with E-state index in [0.717, 1.165) is 0 Å². The van der Waals surface area contributed by atoms with Crippen molar-refractivity contribution in [3.8, 4) is 11.6 Å². The molecular weight excluding hydrogens is 323 g/mol. The molecule has 0 aliphatic rings. The number of nitrogens with zero attached hydrogens (tertiary/aromatic N) is 2. The zero-order valence-corrected chi connectivity index (χ0v) is 11.1. The van der Waals surface area contributed by atoms with Crippen LogP contribution in [-0.2, 0) is 0 Å². The van der Waals surface area contributed by atoms with Gasteiger partial charge in [0.1, 0.15) is 17.6 Å². The number of halogens is 2. The molecule has 0 unspecified atom stereocenters. The Labute approximate surface area is 116 Å². The number of benzene rings is 1. The van der Waals surface area contributed by atoms with E-state index in [0.29, 0.717) is 9.50 Å². The van der Waals surface area contributed by atoms with Gasteiger partial charge in [-0.3, -0.25) is 0 Å². The van der Waals surface area contributed by atoms with Crippen molar-refractivity contribution in [2.45, 2.75) is 0 Å². The number of hydrogen-bond acceptors (Lipinski definition) is 4. The largest absolute Gasteiger partial charge is 0.478 e. The zero-order valence-electron chi connectivity index (χ0n) is 8.80. The van der Waals surface area contributed by atoms with E-state index in [1.54, 1.807) is 6.07 Å². The Morgan fingerprint density at radius 2 is 2.22 bits per heavy atom. The maximum atomic E-state index is 11.1. The smallest absolute Gasteiger partial charge is 0.339 e. The van der Waals surface area contributed by atoms with E-state index in [1.807, 2.05) is 0 Å². The molecule has 1 N–H and O–H groups in total. The fraction of sp³-hybridized carbons (Fsp3) is 0. The van der Waals surface area contributed by atoms with Crippen LogP contribution in [0.2, 0.25) is 5.02 Å². The van der Waals surface area contributed by atoms with Gasteiger partial charge in [-0.15, -0.1) is 0 Å². The number of aromatic carboxylic acids is 1. The van der Waals surface area contributed by atoms with Crippen LogP contribution in [0.4, 0.5) is 0 Å². The number of ether oxygens (including phenoxy) is 1. The second-order valence-electron chi connectivity index (χ2n) is 3.22. The number of rotatable bonds is 3. The highest BCUT2D eigenvalue weighted by atomic mass is 79.9. The van der Waals surface area contributed by atoms with E-state index in [2.05, 4.69) is 25.9 Å². The number of hydrogen-bond donors (Lipinski definition) is 1. The Balaban J connectivity index is 2.41. The predicted molar refractivity (Wildman–Crippen MR) is 68.2 cm³/mol. The van der Waals surface area contributed by atoms with Gasteiger partial charge in [0, 0.05) is 11.2 Å². The van der Waals surface area contributed by atoms with Crippen LogP contribution < -0.4 is 4.74 Å². The monoisotopic (exact) mass is 328 g/mol. The molecule has 0 radical (unpaired) electrons. The summed E-state index contributed by atoms with van der Waals surface area (Å²) in [6.45, 7) is 0. The molecule has 2 aromatic rings. The molecular formula is C11H6BrClN2O3. The fourth-order valence-electron chi connectivity index (χ4n) is 1.24. The fourth-order valence-corrected chi connectivity index (χ4v) is 1.71. The van der Waals surface area contributed by atoms with Gasteiger partial charge in [0.2, 0.25) is 5.88 Å². The summed E-state index contributed by atoms with van der Waals surface area (Å²) in [5.74, 6) is -0.737. The molecule has 18 heavy (non-hydrogen) atoms. The minimum Gasteiger partial charge on any atom is -0.478 e. The molecule has 7 heteroatoms. The summed E-state index contributed by atoms with van der Waals surface area (Å²) in [4.78, 5) is 18.7. The average Bonchev–Trinajstić information content (AvgIpc) is 2.34. The van der Waals surface area contributed by atoms with Crippen LogP contribution in [-0.4, -0.2) is 21.0 Å². The van der Waals surface area contributed by atoms with Gasteiger partial charge in [-0.05, 0) is 34.1 Å². The van der Waals surface area contributed by atoms with Crippen molar-refractivity contribution in [3.05, 3.63) is 45.8 Å². The van der Waals surface area contributed by atoms with Crippen molar-refractivity contribution >= 4 is 33.5 Å². The Morgan fingerprint density at radius 1 is 1.44 bits per heavy atom. The summed E-state index contributed by atoms with van der Waals surface area (Å²) in [5, 5.41) is 9.38. The maximum Gasteiger partial charge on any atom is 0.339 e. The standard InChI is InChI=1S/C11H6BrClN2O3/c12-8-4-14-5-15-10(8)18-9-2-1-6(13)3-7(9)11(16)17/h1-5H,(H,16,17). The van der Waals surface area contributed by atoms with E-state index in [4.69, 9.17) is 21.4 Å². The third-order valence-corrected chi connectivity index (χ3v) is 2.79. The molecule has 0 bridgehead atoms. The topological polar surface area (TPSA) is 72.3 Å². The van der Waals surface area contributed by atoms with Crippen LogP contribution in [0.3, 0.4) is 0 Å². The quantitative estimate of drug-likeness (QED) is 0.934. The molecule has 1 aromatic heterocycles. The zero-order chi connectivity index (χ0) is 13.1. The molecule has 5 nitrogen and oxygen atoms in total. The summed E-state index contributed by atoms with van der Waals surface area (Å²) < 4.78 is 5.94. The summed E-state index contributed by atoms with van der Waals surface area (Å²) in [6.07, 6.45) is 2.80. The van der Waals surface area contributed by atoms with Crippen LogP contribution in [0.5, 0.6) is 11.6 Å². The van der Waals surface area contributed by atoms with Crippen molar-refractivity contribution in [1.82, 2.24) is 9.97 Å². The maximum absolute atomic E-state index is 11.1. The summed E-state index contributed by atoms with van der Waals surface area (Å²) in [5.41, 5.74) is -0.0342. The number of carboxylic acids is 1. The second kappa shape index (κ2) is 5.32. The summed E-state index contributed by atoms with van der Waals surface area (Å²) >= 11 is 8.95. The second-order valence-corrected chi connectivity index (χ2v) is 4.51. The predicted octanol–water partition coefficient (Wildman–Crippen LogP) is 3.38. The van der Waals surface area contributed by atoms with Gasteiger partial charge < -0.3 is 9.84 Å². The molecule has 0 saturated heterocycles. The first-order chi connectivity index (χ1) is 8.58. The van der Waals surface area contributed by atoms with E-state index >= 15 is 0 Å². The SMILES string of the molecule is O=C(O)c1cc(Cl)ccc1Oc1ncncc1Br. The van der Waals surface area contributed by atoms with Crippen LogP contribution in [0.1, 0.15) is 10.4 Å². The molecule has 0 aliphatic heterocycles. The highest BCUT2D eigenvalue weighted by Gasteiger charge is 2.14. The van der Waals surface area contributed by atoms with Gasteiger partial charge in [-0.25, -0.2) is 14.8 Å². The molecule has 1 heterocycles. The van der Waals surface area contributed by atoms with Crippen LogP contribution in [0.25, 0.3) is 0 Å². The van der Waals surface area contributed by atoms with Crippen molar-refractivity contribution in [1.29, 1.82) is 0 Å². The van der Waals surface area contributed by atoms with Gasteiger partial charge in [0.05, 0.1) is 4.47 Å². The Kier molecular flexibility index (Phi) is 3.78. The lowest BCUT2D eigenvalue weighted by atomic mass is 10.2. The molecule has 1 aromatic carbocycles. The van der Waals surface area contributed by atoms with E-state index in [9.17, 15) is 4.79 Å². The highest BCUT2D eigenvalue weighted by molar-refractivity contribution is 9.10. The average molecular weight is 330 g/mol. The highest BCUT2D eigenvalue weighted by Crippen LogP contribution is 2.30. The first kappa shape index (κ1) is 12.8. The Morgan fingerprint density at radius 3 is 2.89 bits per heavy atom. The lowest BCUT2D eigenvalue weighted by molar-refractivity contribution is 0.0694. The van der Waals surface area contributed by atoms with E-state index in [1.165, 1.54) is 24.7 Å². The molecule has 0 atom stereocenters. The normalized spacial score (nSPS) is 10.1. The number of aromatic nitrogens is 2. The minimum atomic E-state index is -1.13. The molecule has 2 rings (SSSR count). The number of carbonyl (C=O) groups is 1. The molecule has 0 amide bonds. The van der Waals surface area contributed by atoms with Gasteiger partial charge >= 0.3 is 5.97 Å². The first-order valence-electron chi connectivity index (χ1n) is 4.74. The van der Waals surface area contributed by atoms with Crippen molar-refractivity contribution in [3.63, 3.8) is 0 Å². The minimum absolute atomic E-state index is 0.0342. The molecule has 0 spiro atoms. The third-order valence-electron chi connectivity index (χ3n) is 2.01. The first-order valence-corrected chi connectivity index (χ1v) is 5.91. The third kappa shape index (κ3) is 2.77. The summed E-state index contributed by atoms with van der Waals surface area (Å²) in [6, 6.07) is 4.33. The van der Waals surface area contributed by atoms with Crippen LogP contribution in [0, 0.1) is 0 Å². The van der Waals surface area contributed by atoms with Crippen LogP contribution in [0.15, 0.2) is 35.2 Å². The summed E-state index contributed by atoms with van der Waals surface area (Å²) in [7, 11) is 0. The van der Waals surface area contributed by atoms with Gasteiger partial charge in [0.25, 0.3) is 0 Å². The van der Waals surface area contributed by atoms with Crippen molar-refractivity contribution in [2.75, 3.05) is 0 Å². The Bertz CT molecular complexity index is 607. The molecule has 0 saturated carbocycles. The Hall–Kier alpha value is -1.66. The molecule has 0 fully saturated rings. The van der Waals surface area contributed by atoms with Crippen LogP contribution >= 0.6 is 27.5 Å². The lowest BCUT2D eigenvalue weighted by Gasteiger charge is -2.08. The van der Waals surface area contributed by atoms with Gasteiger partial charge in [-0.1, -0.05) is 11.6 Å². The lowest BCUT2D eigenvalue weighted by Crippen LogP contribution is -2.01. The van der Waals surface area contributed by atoms with Gasteiger partial charge in [0.15, 0.2) is 0 Å². The van der Waals surface area contributed by atoms with E-state index in [-0.39, 0.29) is 17.2 Å². The number of carboxylic acid groups (broad SMARTS) is 1. The van der Waals surface area contributed by atoms with Crippen molar-refractivity contribution < 1.29 is 14.6 Å². The van der Waals surface area contributed by atoms with Crippen molar-refractivity contribution in [2.24, 2.45) is 0 Å².